The summed E-state index contributed by atoms with van der Waals surface area (Å²) >= 11 is 0. The molecule has 19 heavy (non-hydrogen) atoms. The van der Waals surface area contributed by atoms with Crippen LogP contribution in [0.5, 0.6) is 0 Å². The highest BCUT2D eigenvalue weighted by Gasteiger charge is 2.16. The summed E-state index contributed by atoms with van der Waals surface area (Å²) in [7, 11) is -0.603. The van der Waals surface area contributed by atoms with Gasteiger partial charge in [-0.3, -0.25) is 4.21 Å². The minimum atomic E-state index is -0.603. The van der Waals surface area contributed by atoms with E-state index in [0.717, 1.165) is 37.7 Å². The topological polar surface area (TPSA) is 32.3 Å². The van der Waals surface area contributed by atoms with Crippen LogP contribution in [-0.4, -0.2) is 35.3 Å². The van der Waals surface area contributed by atoms with Crippen LogP contribution in [0.4, 0.5) is 5.69 Å². The van der Waals surface area contributed by atoms with Gasteiger partial charge in [-0.25, -0.2) is 0 Å². The number of rotatable bonds is 5. The third kappa shape index (κ3) is 4.05. The Bertz CT molecular complexity index is 438. The molecule has 1 fully saturated rings. The fourth-order valence-corrected chi connectivity index (χ4v) is 3.52. The minimum Gasteiger partial charge on any atom is -0.369 e. The maximum absolute atomic E-state index is 11.4. The summed E-state index contributed by atoms with van der Waals surface area (Å²) in [6.45, 7) is 8.20. The van der Waals surface area contributed by atoms with Crippen LogP contribution in [0.15, 0.2) is 18.2 Å². The molecule has 0 atom stereocenters. The van der Waals surface area contributed by atoms with Gasteiger partial charge in [-0.05, 0) is 37.1 Å². The first-order chi connectivity index (χ1) is 9.20. The van der Waals surface area contributed by atoms with Crippen molar-refractivity contribution in [3.63, 3.8) is 0 Å². The SMILES string of the molecule is CCCNCc1ccc(N2CCS(=O)CC2)c(C)c1. The molecule has 0 spiro atoms. The predicted molar refractivity (Wildman–Crippen MR) is 83.3 cm³/mol. The number of aryl methyl sites for hydroxylation is 1. The third-order valence-corrected chi connectivity index (χ3v) is 4.81. The molecule has 1 aromatic rings. The van der Waals surface area contributed by atoms with Gasteiger partial charge in [-0.1, -0.05) is 19.1 Å². The van der Waals surface area contributed by atoms with Gasteiger partial charge in [-0.2, -0.15) is 0 Å². The van der Waals surface area contributed by atoms with E-state index in [4.69, 9.17) is 0 Å². The molecule has 0 aliphatic carbocycles. The van der Waals surface area contributed by atoms with Gasteiger partial charge < -0.3 is 10.2 Å². The van der Waals surface area contributed by atoms with E-state index in [1.807, 2.05) is 0 Å². The van der Waals surface area contributed by atoms with Gasteiger partial charge in [0.05, 0.1) is 0 Å². The molecule has 1 aliphatic rings. The Labute approximate surface area is 118 Å². The van der Waals surface area contributed by atoms with E-state index in [1.54, 1.807) is 0 Å². The normalized spacial score (nSPS) is 16.8. The average Bonchev–Trinajstić information content (AvgIpc) is 2.41. The molecule has 0 radical (unpaired) electrons. The van der Waals surface area contributed by atoms with Crippen molar-refractivity contribution in [2.75, 3.05) is 36.0 Å². The van der Waals surface area contributed by atoms with Crippen molar-refractivity contribution in [3.05, 3.63) is 29.3 Å². The molecule has 0 bridgehead atoms. The van der Waals surface area contributed by atoms with Gasteiger partial charge >= 0.3 is 0 Å². The van der Waals surface area contributed by atoms with Crippen LogP contribution >= 0.6 is 0 Å². The van der Waals surface area contributed by atoms with E-state index in [-0.39, 0.29) is 0 Å². The van der Waals surface area contributed by atoms with E-state index in [9.17, 15) is 4.21 Å². The molecular weight excluding hydrogens is 256 g/mol. The second-order valence-electron chi connectivity index (χ2n) is 5.13. The lowest BCUT2D eigenvalue weighted by molar-refractivity contribution is 0.672. The van der Waals surface area contributed by atoms with E-state index in [1.165, 1.54) is 23.2 Å². The Kier molecular flexibility index (Phi) is 5.40. The number of hydrogen-bond acceptors (Lipinski definition) is 3. The molecule has 1 heterocycles. The number of hydrogen-bond donors (Lipinski definition) is 1. The summed E-state index contributed by atoms with van der Waals surface area (Å²) in [5.41, 5.74) is 3.97. The first-order valence-corrected chi connectivity index (χ1v) is 8.59. The Morgan fingerprint density at radius 3 is 2.68 bits per heavy atom. The van der Waals surface area contributed by atoms with Crippen molar-refractivity contribution < 1.29 is 4.21 Å². The lowest BCUT2D eigenvalue weighted by Gasteiger charge is -2.30. The Balaban J connectivity index is 2.00. The van der Waals surface area contributed by atoms with Crippen LogP contribution < -0.4 is 10.2 Å². The molecule has 1 N–H and O–H groups in total. The summed E-state index contributed by atoms with van der Waals surface area (Å²) in [4.78, 5) is 2.36. The van der Waals surface area contributed by atoms with Crippen LogP contribution in [0.25, 0.3) is 0 Å². The lowest BCUT2D eigenvalue weighted by atomic mass is 10.1. The summed E-state index contributed by atoms with van der Waals surface area (Å²) in [6.07, 6.45) is 1.17. The molecule has 2 rings (SSSR count). The quantitative estimate of drug-likeness (QED) is 0.838. The number of nitrogens with zero attached hydrogens (tertiary/aromatic N) is 1. The van der Waals surface area contributed by atoms with Gasteiger partial charge in [0, 0.05) is 47.6 Å². The molecule has 0 unspecified atom stereocenters. The standard InChI is InChI=1S/C15H24N2OS/c1-3-6-16-12-14-4-5-15(13(2)11-14)17-7-9-19(18)10-8-17/h4-5,11,16H,3,6-10,12H2,1-2H3. The zero-order chi connectivity index (χ0) is 13.7. The fourth-order valence-electron chi connectivity index (χ4n) is 2.47. The Morgan fingerprint density at radius 1 is 1.32 bits per heavy atom. The number of nitrogens with one attached hydrogen (secondary N) is 1. The summed E-state index contributed by atoms with van der Waals surface area (Å²) in [5, 5.41) is 3.43. The molecule has 1 aliphatic heterocycles. The van der Waals surface area contributed by atoms with Crippen LogP contribution in [0.1, 0.15) is 24.5 Å². The smallest absolute Gasteiger partial charge is 0.0411 e. The van der Waals surface area contributed by atoms with Crippen molar-refractivity contribution >= 4 is 16.5 Å². The van der Waals surface area contributed by atoms with Crippen LogP contribution in [-0.2, 0) is 17.3 Å². The summed E-state index contributed by atoms with van der Waals surface area (Å²) < 4.78 is 11.4. The van der Waals surface area contributed by atoms with Crippen LogP contribution in [0.3, 0.4) is 0 Å². The molecule has 0 saturated carbocycles. The molecule has 0 aromatic heterocycles. The highest BCUT2D eigenvalue weighted by atomic mass is 32.2. The zero-order valence-electron chi connectivity index (χ0n) is 11.9. The second kappa shape index (κ2) is 7.06. The highest BCUT2D eigenvalue weighted by Crippen LogP contribution is 2.22. The highest BCUT2D eigenvalue weighted by molar-refractivity contribution is 7.85. The predicted octanol–water partition coefficient (Wildman–Crippen LogP) is 2.06. The van der Waals surface area contributed by atoms with Crippen LogP contribution in [0.2, 0.25) is 0 Å². The second-order valence-corrected chi connectivity index (χ2v) is 6.83. The maximum Gasteiger partial charge on any atom is 0.0411 e. The van der Waals surface area contributed by atoms with Crippen molar-refractivity contribution in [2.45, 2.75) is 26.8 Å². The molecule has 1 saturated heterocycles. The van der Waals surface area contributed by atoms with E-state index < -0.39 is 10.8 Å². The minimum absolute atomic E-state index is 0.603. The summed E-state index contributed by atoms with van der Waals surface area (Å²) in [6, 6.07) is 6.69. The van der Waals surface area contributed by atoms with E-state index in [2.05, 4.69) is 42.3 Å². The van der Waals surface area contributed by atoms with Crippen LogP contribution in [0, 0.1) is 6.92 Å². The van der Waals surface area contributed by atoms with Gasteiger partial charge in [0.1, 0.15) is 0 Å². The van der Waals surface area contributed by atoms with Crippen molar-refractivity contribution in [1.29, 1.82) is 0 Å². The van der Waals surface area contributed by atoms with Gasteiger partial charge in [0.2, 0.25) is 0 Å². The van der Waals surface area contributed by atoms with Gasteiger partial charge in [0.25, 0.3) is 0 Å². The first kappa shape index (κ1) is 14.5. The van der Waals surface area contributed by atoms with Crippen molar-refractivity contribution in [2.24, 2.45) is 0 Å². The van der Waals surface area contributed by atoms with E-state index in [0.29, 0.717) is 0 Å². The first-order valence-electron chi connectivity index (χ1n) is 7.11. The molecule has 3 nitrogen and oxygen atoms in total. The maximum atomic E-state index is 11.4. The zero-order valence-corrected chi connectivity index (χ0v) is 12.8. The fraction of sp³-hybridized carbons (Fsp3) is 0.600. The Morgan fingerprint density at radius 2 is 2.05 bits per heavy atom. The van der Waals surface area contributed by atoms with Crippen molar-refractivity contribution in [3.8, 4) is 0 Å². The monoisotopic (exact) mass is 280 g/mol. The van der Waals surface area contributed by atoms with Gasteiger partial charge in [0.15, 0.2) is 0 Å². The molecule has 1 aromatic carbocycles. The molecule has 4 heteroatoms. The lowest BCUT2D eigenvalue weighted by Crippen LogP contribution is -2.38. The molecular formula is C15H24N2OS. The van der Waals surface area contributed by atoms with Crippen molar-refractivity contribution in [1.82, 2.24) is 5.32 Å². The number of anilines is 1. The largest absolute Gasteiger partial charge is 0.369 e. The molecule has 0 amide bonds. The van der Waals surface area contributed by atoms with E-state index >= 15 is 0 Å². The Hall–Kier alpha value is -0.870. The average molecular weight is 280 g/mol. The number of benzene rings is 1. The molecule has 106 valence electrons. The van der Waals surface area contributed by atoms with Gasteiger partial charge in [-0.15, -0.1) is 0 Å². The third-order valence-electron chi connectivity index (χ3n) is 3.54. The summed E-state index contributed by atoms with van der Waals surface area (Å²) in [5.74, 6) is 1.61.